The van der Waals surface area contributed by atoms with Gasteiger partial charge < -0.3 is 15.8 Å². The predicted octanol–water partition coefficient (Wildman–Crippen LogP) is 1.58. The van der Waals surface area contributed by atoms with Crippen LogP contribution in [0, 0.1) is 21.4 Å². The maximum Gasteiger partial charge on any atom is 0.365 e. The molecule has 0 spiro atoms. The van der Waals surface area contributed by atoms with Crippen LogP contribution < -0.4 is 5.73 Å². The van der Waals surface area contributed by atoms with E-state index in [1.54, 1.807) is 6.07 Å². The number of rotatable bonds is 3. The van der Waals surface area contributed by atoms with E-state index < -0.39 is 34.8 Å². The summed E-state index contributed by atoms with van der Waals surface area (Å²) >= 11 is 0. The van der Waals surface area contributed by atoms with Gasteiger partial charge in [-0.3, -0.25) is 0 Å². The van der Waals surface area contributed by atoms with E-state index in [-0.39, 0.29) is 5.69 Å². The van der Waals surface area contributed by atoms with Gasteiger partial charge in [-0.2, -0.15) is 5.26 Å². The maximum absolute atomic E-state index is 12.5. The first-order valence-electron chi connectivity index (χ1n) is 4.06. The van der Waals surface area contributed by atoms with Gasteiger partial charge in [0.1, 0.15) is 6.42 Å². The summed E-state index contributed by atoms with van der Waals surface area (Å²) in [6, 6.07) is 2.35. The lowest BCUT2D eigenvalue weighted by Gasteiger charge is -2.05. The first-order chi connectivity index (χ1) is 7.47. The summed E-state index contributed by atoms with van der Waals surface area (Å²) in [5, 5.41) is 18.8. The standard InChI is InChI=1S/C8H6F2N4O2/c9-8(10)7-4(12)3-6(14(15)16)13-5(7)1-2-11/h3,8H,1H2,(H2,12,13). The fourth-order valence-electron chi connectivity index (χ4n) is 1.17. The summed E-state index contributed by atoms with van der Waals surface area (Å²) < 4.78 is 25.1. The third-order valence-corrected chi connectivity index (χ3v) is 1.81. The van der Waals surface area contributed by atoms with Crippen molar-refractivity contribution in [3.8, 4) is 6.07 Å². The lowest BCUT2D eigenvalue weighted by Crippen LogP contribution is -2.06. The minimum absolute atomic E-state index is 0.357. The van der Waals surface area contributed by atoms with E-state index in [1.165, 1.54) is 0 Å². The fraction of sp³-hybridized carbons (Fsp3) is 0.250. The van der Waals surface area contributed by atoms with Gasteiger partial charge >= 0.3 is 5.82 Å². The molecule has 0 aromatic carbocycles. The Kier molecular flexibility index (Phi) is 3.30. The average Bonchev–Trinajstić information content (AvgIpc) is 2.16. The molecule has 84 valence electrons. The van der Waals surface area contributed by atoms with Crippen LogP contribution in [0.15, 0.2) is 6.07 Å². The minimum atomic E-state index is -2.92. The van der Waals surface area contributed by atoms with Crippen molar-refractivity contribution in [3.63, 3.8) is 0 Å². The first kappa shape index (κ1) is 11.8. The highest BCUT2D eigenvalue weighted by Gasteiger charge is 2.25. The number of halogens is 2. The van der Waals surface area contributed by atoms with E-state index in [0.717, 1.165) is 6.07 Å². The third kappa shape index (κ3) is 2.20. The molecule has 0 unspecified atom stereocenters. The summed E-state index contributed by atoms with van der Waals surface area (Å²) in [6.45, 7) is 0. The zero-order valence-corrected chi connectivity index (χ0v) is 7.85. The van der Waals surface area contributed by atoms with Crippen molar-refractivity contribution in [3.05, 3.63) is 27.4 Å². The number of nitrogens with zero attached hydrogens (tertiary/aromatic N) is 3. The zero-order valence-electron chi connectivity index (χ0n) is 7.85. The van der Waals surface area contributed by atoms with E-state index in [2.05, 4.69) is 4.98 Å². The quantitative estimate of drug-likeness (QED) is 0.624. The molecule has 0 fully saturated rings. The van der Waals surface area contributed by atoms with Crippen LogP contribution in [0.3, 0.4) is 0 Å². The number of nitro groups is 1. The van der Waals surface area contributed by atoms with Crippen LogP contribution in [0.5, 0.6) is 0 Å². The summed E-state index contributed by atoms with van der Waals surface area (Å²) in [7, 11) is 0. The second-order valence-corrected chi connectivity index (χ2v) is 2.82. The number of anilines is 1. The molecule has 1 aromatic heterocycles. The number of aromatic nitrogens is 1. The molecule has 8 heteroatoms. The van der Waals surface area contributed by atoms with E-state index in [1.807, 2.05) is 0 Å². The molecule has 0 bridgehead atoms. The average molecular weight is 228 g/mol. The molecule has 1 aromatic rings. The lowest BCUT2D eigenvalue weighted by atomic mass is 10.1. The molecule has 0 aliphatic rings. The molecule has 1 heterocycles. The fourth-order valence-corrected chi connectivity index (χ4v) is 1.17. The van der Waals surface area contributed by atoms with Crippen LogP contribution in [0.25, 0.3) is 0 Å². The Bertz CT molecular complexity index is 470. The number of hydrogen-bond acceptors (Lipinski definition) is 5. The molecule has 0 amide bonds. The Balaban J connectivity index is 3.40. The summed E-state index contributed by atoms with van der Waals surface area (Å²) in [5.41, 5.74) is 3.85. The Morgan fingerprint density at radius 1 is 1.69 bits per heavy atom. The molecule has 6 nitrogen and oxygen atoms in total. The normalized spacial score (nSPS) is 10.1. The number of nitrogen functional groups attached to an aromatic ring is 1. The third-order valence-electron chi connectivity index (χ3n) is 1.81. The molecular formula is C8H6F2N4O2. The van der Waals surface area contributed by atoms with Crippen LogP contribution in [-0.4, -0.2) is 9.91 Å². The van der Waals surface area contributed by atoms with Crippen molar-refractivity contribution in [1.82, 2.24) is 4.98 Å². The Morgan fingerprint density at radius 2 is 2.31 bits per heavy atom. The smallest absolute Gasteiger partial charge is 0.365 e. The maximum atomic E-state index is 12.5. The van der Waals surface area contributed by atoms with E-state index in [9.17, 15) is 18.9 Å². The Hall–Kier alpha value is -2.30. The second-order valence-electron chi connectivity index (χ2n) is 2.82. The molecule has 0 aliphatic carbocycles. The highest BCUT2D eigenvalue weighted by Crippen LogP contribution is 2.30. The van der Waals surface area contributed by atoms with Crippen molar-refractivity contribution in [2.45, 2.75) is 12.8 Å². The van der Waals surface area contributed by atoms with Gasteiger partial charge in [0, 0.05) is 0 Å². The van der Waals surface area contributed by atoms with Gasteiger partial charge in [0.25, 0.3) is 6.43 Å². The lowest BCUT2D eigenvalue weighted by molar-refractivity contribution is -0.389. The Morgan fingerprint density at radius 3 is 2.75 bits per heavy atom. The van der Waals surface area contributed by atoms with Gasteiger partial charge in [-0.25, -0.2) is 8.78 Å². The number of nitriles is 1. The van der Waals surface area contributed by atoms with Gasteiger partial charge in [0.2, 0.25) is 0 Å². The molecule has 0 saturated heterocycles. The van der Waals surface area contributed by atoms with Crippen LogP contribution in [0.4, 0.5) is 20.3 Å². The molecular weight excluding hydrogens is 222 g/mol. The van der Waals surface area contributed by atoms with Crippen molar-refractivity contribution in [2.24, 2.45) is 0 Å². The number of pyridine rings is 1. The van der Waals surface area contributed by atoms with E-state index in [0.29, 0.717) is 0 Å². The largest absolute Gasteiger partial charge is 0.398 e. The Labute approximate surface area is 88.5 Å². The van der Waals surface area contributed by atoms with Gasteiger partial charge in [-0.15, -0.1) is 0 Å². The van der Waals surface area contributed by atoms with Gasteiger partial charge in [0.05, 0.1) is 23.4 Å². The number of alkyl halides is 2. The van der Waals surface area contributed by atoms with Gasteiger partial charge in [0.15, 0.2) is 5.69 Å². The monoisotopic (exact) mass is 228 g/mol. The second kappa shape index (κ2) is 4.48. The van der Waals surface area contributed by atoms with Gasteiger partial charge in [-0.1, -0.05) is 0 Å². The van der Waals surface area contributed by atoms with Gasteiger partial charge in [-0.05, 0) is 9.91 Å². The first-order valence-corrected chi connectivity index (χ1v) is 4.06. The number of nitrogens with two attached hydrogens (primary N) is 1. The molecule has 0 aliphatic heterocycles. The van der Waals surface area contributed by atoms with Crippen molar-refractivity contribution >= 4 is 11.5 Å². The molecule has 2 N–H and O–H groups in total. The van der Waals surface area contributed by atoms with Crippen LogP contribution in [0.2, 0.25) is 0 Å². The molecule has 0 radical (unpaired) electrons. The van der Waals surface area contributed by atoms with Crippen LogP contribution in [0.1, 0.15) is 17.7 Å². The highest BCUT2D eigenvalue weighted by atomic mass is 19.3. The molecule has 16 heavy (non-hydrogen) atoms. The van der Waals surface area contributed by atoms with E-state index >= 15 is 0 Å². The molecule has 0 saturated carbocycles. The van der Waals surface area contributed by atoms with Crippen molar-refractivity contribution in [2.75, 3.05) is 5.73 Å². The van der Waals surface area contributed by atoms with Crippen LogP contribution in [-0.2, 0) is 6.42 Å². The van der Waals surface area contributed by atoms with Crippen LogP contribution >= 0.6 is 0 Å². The highest BCUT2D eigenvalue weighted by molar-refractivity contribution is 5.54. The number of hydrogen-bond donors (Lipinski definition) is 1. The minimum Gasteiger partial charge on any atom is -0.398 e. The topological polar surface area (TPSA) is 106 Å². The van der Waals surface area contributed by atoms with Crippen molar-refractivity contribution < 1.29 is 13.7 Å². The predicted molar refractivity (Wildman–Crippen MR) is 49.6 cm³/mol. The molecule has 0 atom stereocenters. The van der Waals surface area contributed by atoms with Crippen molar-refractivity contribution in [1.29, 1.82) is 5.26 Å². The summed E-state index contributed by atoms with van der Waals surface area (Å²) in [6.07, 6.45) is -3.37. The van der Waals surface area contributed by atoms with E-state index in [4.69, 9.17) is 11.0 Å². The summed E-state index contributed by atoms with van der Waals surface area (Å²) in [5.74, 6) is -0.646. The zero-order chi connectivity index (χ0) is 12.3. The SMILES string of the molecule is N#CCc1nc([N+](=O)[O-])cc(N)c1C(F)F. The summed E-state index contributed by atoms with van der Waals surface area (Å²) in [4.78, 5) is 12.9. The molecule has 1 rings (SSSR count).